The summed E-state index contributed by atoms with van der Waals surface area (Å²) >= 11 is 8.95. The molecule has 1 saturated heterocycles. The Morgan fingerprint density at radius 3 is 2.79 bits per heavy atom. The number of aliphatic hydroxyl groups is 1. The number of ketones is 1. The fourth-order valence-electron chi connectivity index (χ4n) is 4.09. The van der Waals surface area contributed by atoms with Crippen LogP contribution in [0.5, 0.6) is 11.5 Å². The molecule has 0 spiro atoms. The van der Waals surface area contributed by atoms with E-state index in [1.807, 2.05) is 30.5 Å². The maximum atomic E-state index is 13.3. The predicted octanol–water partition coefficient (Wildman–Crippen LogP) is 5.67. The minimum Gasteiger partial charge on any atom is -0.507 e. The number of rotatable bonds is 3. The van der Waals surface area contributed by atoms with Crippen LogP contribution in [0, 0.1) is 6.92 Å². The lowest BCUT2D eigenvalue weighted by Gasteiger charge is -2.21. The van der Waals surface area contributed by atoms with E-state index in [1.165, 1.54) is 27.6 Å². The number of carbonyl (C=O) groups is 2. The van der Waals surface area contributed by atoms with Crippen molar-refractivity contribution in [2.75, 3.05) is 11.7 Å². The summed E-state index contributed by atoms with van der Waals surface area (Å²) in [6.45, 7) is 1.98. The van der Waals surface area contributed by atoms with Gasteiger partial charge in [0.15, 0.2) is 16.6 Å². The summed E-state index contributed by atoms with van der Waals surface area (Å²) in [5, 5.41) is 14.0. The highest BCUT2D eigenvalue weighted by molar-refractivity contribution is 7.22. The number of thiazole rings is 1. The third kappa shape index (κ3) is 3.19. The summed E-state index contributed by atoms with van der Waals surface area (Å²) in [5.74, 6) is -0.790. The van der Waals surface area contributed by atoms with Crippen molar-refractivity contribution in [3.63, 3.8) is 0 Å². The van der Waals surface area contributed by atoms with Crippen molar-refractivity contribution >= 4 is 67.1 Å². The largest absolute Gasteiger partial charge is 0.507 e. The molecule has 170 valence electrons. The van der Waals surface area contributed by atoms with Crippen molar-refractivity contribution in [3.8, 4) is 11.5 Å². The van der Waals surface area contributed by atoms with Gasteiger partial charge in [0.05, 0.1) is 15.8 Å². The predicted molar refractivity (Wildman–Crippen MR) is 131 cm³/mol. The first-order valence-corrected chi connectivity index (χ1v) is 12.3. The van der Waals surface area contributed by atoms with Gasteiger partial charge in [-0.05, 0) is 54.3 Å². The normalized spacial score (nSPS) is 18.9. The highest BCUT2D eigenvalue weighted by Gasteiger charge is 2.48. The molecule has 0 radical (unpaired) electrons. The summed E-state index contributed by atoms with van der Waals surface area (Å²) in [7, 11) is 0. The van der Waals surface area contributed by atoms with Crippen LogP contribution >= 0.6 is 34.3 Å². The zero-order chi connectivity index (χ0) is 23.6. The Bertz CT molecular complexity index is 1490. The van der Waals surface area contributed by atoms with Gasteiger partial charge in [0, 0.05) is 15.5 Å². The van der Waals surface area contributed by atoms with Crippen molar-refractivity contribution in [1.29, 1.82) is 0 Å². The first-order chi connectivity index (χ1) is 16.4. The third-order valence-corrected chi connectivity index (χ3v) is 8.12. The smallest absolute Gasteiger partial charge is 0.301 e. The van der Waals surface area contributed by atoms with Crippen LogP contribution in [0.25, 0.3) is 16.0 Å². The zero-order valence-corrected chi connectivity index (χ0v) is 20.0. The van der Waals surface area contributed by atoms with Crippen LogP contribution in [0.2, 0.25) is 5.02 Å². The minimum absolute atomic E-state index is 0.000200. The first kappa shape index (κ1) is 21.2. The number of thiophene rings is 1. The molecule has 34 heavy (non-hydrogen) atoms. The van der Waals surface area contributed by atoms with E-state index in [9.17, 15) is 14.7 Å². The van der Waals surface area contributed by atoms with Gasteiger partial charge in [-0.1, -0.05) is 29.0 Å². The van der Waals surface area contributed by atoms with Gasteiger partial charge in [0.1, 0.15) is 11.8 Å². The number of Topliss-reactive ketones (excluding diaryl/α,β-unsaturated/α-hetero) is 1. The standard InChI is InChI=1S/C24H15ClN2O5S2/c1-11-7-18-14(9-13(11)25)26-24(34-18)27-20(17-3-2-6-33-17)19(22(29)23(27)30)21(28)12-4-5-15-16(8-12)32-10-31-15/h2-9,20,28H,10H2,1H3/b21-19+. The number of fused-ring (bicyclic) bond motifs is 2. The van der Waals surface area contributed by atoms with E-state index in [2.05, 4.69) is 4.98 Å². The van der Waals surface area contributed by atoms with E-state index in [0.29, 0.717) is 32.7 Å². The van der Waals surface area contributed by atoms with Gasteiger partial charge in [0.25, 0.3) is 5.78 Å². The first-order valence-electron chi connectivity index (χ1n) is 10.2. The number of aryl methyl sites for hydroxylation is 1. The topological polar surface area (TPSA) is 89.0 Å². The number of nitrogens with zero attached hydrogens (tertiary/aromatic N) is 2. The van der Waals surface area contributed by atoms with Crippen molar-refractivity contribution in [3.05, 3.63) is 74.4 Å². The van der Waals surface area contributed by atoms with Gasteiger partial charge in [-0.15, -0.1) is 11.3 Å². The molecule has 1 unspecified atom stereocenters. The molecule has 0 bridgehead atoms. The molecule has 2 aliphatic heterocycles. The molecule has 4 heterocycles. The minimum atomic E-state index is -0.817. The van der Waals surface area contributed by atoms with Crippen molar-refractivity contribution < 1.29 is 24.2 Å². The number of hydrogen-bond acceptors (Lipinski definition) is 8. The lowest BCUT2D eigenvalue weighted by atomic mass is 9.99. The van der Waals surface area contributed by atoms with Gasteiger partial charge in [0.2, 0.25) is 6.79 Å². The maximum Gasteiger partial charge on any atom is 0.301 e. The molecule has 1 fully saturated rings. The Labute approximate surface area is 206 Å². The van der Waals surface area contributed by atoms with Crippen LogP contribution in [-0.2, 0) is 9.59 Å². The highest BCUT2D eigenvalue weighted by Crippen LogP contribution is 2.46. The molecule has 2 aromatic carbocycles. The molecule has 2 aliphatic rings. The van der Waals surface area contributed by atoms with Gasteiger partial charge in [-0.2, -0.15) is 0 Å². The summed E-state index contributed by atoms with van der Waals surface area (Å²) in [5.41, 5.74) is 1.89. The second-order valence-corrected chi connectivity index (χ2v) is 10.2. The Kier molecular flexibility index (Phi) is 4.87. The van der Waals surface area contributed by atoms with E-state index in [1.54, 1.807) is 24.3 Å². The van der Waals surface area contributed by atoms with Crippen molar-refractivity contribution in [2.24, 2.45) is 0 Å². The number of amides is 1. The average Bonchev–Trinajstić information content (AvgIpc) is 3.60. The monoisotopic (exact) mass is 510 g/mol. The van der Waals surface area contributed by atoms with E-state index in [0.717, 1.165) is 15.1 Å². The van der Waals surface area contributed by atoms with Gasteiger partial charge >= 0.3 is 5.91 Å². The van der Waals surface area contributed by atoms with E-state index in [-0.39, 0.29) is 18.1 Å². The summed E-state index contributed by atoms with van der Waals surface area (Å²) in [6, 6.07) is 11.4. The van der Waals surface area contributed by atoms with Crippen LogP contribution in [0.3, 0.4) is 0 Å². The molecule has 0 aliphatic carbocycles. The van der Waals surface area contributed by atoms with Crippen molar-refractivity contribution in [1.82, 2.24) is 4.98 Å². The molecular weight excluding hydrogens is 496 g/mol. The van der Waals surface area contributed by atoms with E-state index in [4.69, 9.17) is 21.1 Å². The molecule has 2 aromatic heterocycles. The molecule has 1 atom stereocenters. The molecule has 1 N–H and O–H groups in total. The van der Waals surface area contributed by atoms with E-state index < -0.39 is 17.7 Å². The van der Waals surface area contributed by atoms with Gasteiger partial charge in [-0.3, -0.25) is 14.5 Å². The lowest BCUT2D eigenvalue weighted by molar-refractivity contribution is -0.132. The second kappa shape index (κ2) is 7.83. The molecule has 0 saturated carbocycles. The molecule has 10 heteroatoms. The number of benzene rings is 2. The fraction of sp³-hybridized carbons (Fsp3) is 0.125. The van der Waals surface area contributed by atoms with Crippen LogP contribution in [0.4, 0.5) is 5.13 Å². The van der Waals surface area contributed by atoms with Gasteiger partial charge in [-0.25, -0.2) is 4.98 Å². The third-order valence-electron chi connectivity index (χ3n) is 5.77. The van der Waals surface area contributed by atoms with Crippen molar-refractivity contribution in [2.45, 2.75) is 13.0 Å². The SMILES string of the molecule is Cc1cc2sc(N3C(=O)C(=O)/C(=C(/O)c4ccc5c(c4)OCO5)C3c3cccs3)nc2cc1Cl. The number of aliphatic hydroxyl groups excluding tert-OH is 1. The summed E-state index contributed by atoms with van der Waals surface area (Å²) in [4.78, 5) is 33.2. The number of ether oxygens (including phenoxy) is 2. The number of halogens is 1. The molecule has 6 rings (SSSR count). The van der Waals surface area contributed by atoms with Crippen LogP contribution in [0.15, 0.2) is 53.4 Å². The molecule has 4 aromatic rings. The highest BCUT2D eigenvalue weighted by atomic mass is 35.5. The maximum absolute atomic E-state index is 13.3. The van der Waals surface area contributed by atoms with Crippen LogP contribution in [0.1, 0.15) is 22.0 Å². The number of hydrogen-bond donors (Lipinski definition) is 1. The number of carbonyl (C=O) groups excluding carboxylic acids is 2. The second-order valence-electron chi connectivity index (χ2n) is 7.82. The summed E-state index contributed by atoms with van der Waals surface area (Å²) in [6.07, 6.45) is 0. The lowest BCUT2D eigenvalue weighted by Crippen LogP contribution is -2.28. The van der Waals surface area contributed by atoms with Crippen LogP contribution < -0.4 is 14.4 Å². The number of anilines is 1. The zero-order valence-electron chi connectivity index (χ0n) is 17.6. The van der Waals surface area contributed by atoms with Crippen LogP contribution in [-0.4, -0.2) is 28.6 Å². The summed E-state index contributed by atoms with van der Waals surface area (Å²) < 4.78 is 11.6. The Morgan fingerprint density at radius 1 is 1.18 bits per heavy atom. The molecule has 1 amide bonds. The quantitative estimate of drug-likeness (QED) is 0.217. The molecule has 7 nitrogen and oxygen atoms in total. The fourth-order valence-corrected chi connectivity index (χ4v) is 6.14. The Hall–Kier alpha value is -3.40. The Balaban J connectivity index is 1.53. The van der Waals surface area contributed by atoms with Gasteiger partial charge < -0.3 is 14.6 Å². The van der Waals surface area contributed by atoms with E-state index >= 15 is 0 Å². The number of aromatic nitrogens is 1. The Morgan fingerprint density at radius 2 is 2.00 bits per heavy atom. The average molecular weight is 511 g/mol. The molecular formula is C24H15ClN2O5S2.